The number of aryl methyl sites for hydroxylation is 1. The summed E-state index contributed by atoms with van der Waals surface area (Å²) in [6, 6.07) is 2.00. The first-order valence-corrected chi connectivity index (χ1v) is 4.94. The summed E-state index contributed by atoms with van der Waals surface area (Å²) in [5.74, 6) is 6.70. The molecule has 0 saturated carbocycles. The van der Waals surface area contributed by atoms with Crippen LogP contribution >= 0.6 is 0 Å². The van der Waals surface area contributed by atoms with E-state index < -0.39 is 0 Å². The number of hydrogen-bond acceptors (Lipinski definition) is 4. The van der Waals surface area contributed by atoms with Gasteiger partial charge in [0.1, 0.15) is 0 Å². The fraction of sp³-hybridized carbons (Fsp3) is 0.455. The Hall–Kier alpha value is -1.26. The van der Waals surface area contributed by atoms with Crippen LogP contribution in [0.1, 0.15) is 16.7 Å². The minimum absolute atomic E-state index is 0.300. The molecule has 0 fully saturated rings. The van der Waals surface area contributed by atoms with Crippen molar-refractivity contribution in [2.45, 2.75) is 20.3 Å². The molecular formula is C11H15NO3. The second-order valence-electron chi connectivity index (χ2n) is 3.65. The van der Waals surface area contributed by atoms with Crippen LogP contribution in [-0.4, -0.2) is 13.4 Å². The Labute approximate surface area is 88.9 Å². The molecule has 1 heterocycles. The van der Waals surface area contributed by atoms with Crippen LogP contribution in [0.5, 0.6) is 11.5 Å². The zero-order valence-electron chi connectivity index (χ0n) is 9.00. The normalized spacial score (nSPS) is 13.3. The number of benzene rings is 1. The molecule has 82 valence electrons. The van der Waals surface area contributed by atoms with Gasteiger partial charge < -0.3 is 14.3 Å². The average molecular weight is 209 g/mol. The van der Waals surface area contributed by atoms with Crippen molar-refractivity contribution in [1.29, 1.82) is 0 Å². The number of fused-ring (bicyclic) bond motifs is 1. The highest BCUT2D eigenvalue weighted by Crippen LogP contribution is 2.39. The van der Waals surface area contributed by atoms with E-state index in [9.17, 15) is 0 Å². The maximum absolute atomic E-state index is 5.44. The van der Waals surface area contributed by atoms with Crippen LogP contribution in [0.15, 0.2) is 6.07 Å². The second-order valence-corrected chi connectivity index (χ2v) is 3.65. The van der Waals surface area contributed by atoms with E-state index in [0.29, 0.717) is 13.4 Å². The molecule has 2 N–H and O–H groups in total. The quantitative estimate of drug-likeness (QED) is 0.766. The minimum atomic E-state index is 0.300. The molecule has 0 saturated heterocycles. The molecule has 0 aliphatic carbocycles. The summed E-state index contributed by atoms with van der Waals surface area (Å²) in [7, 11) is 0. The van der Waals surface area contributed by atoms with Crippen molar-refractivity contribution in [3.8, 4) is 11.5 Å². The van der Waals surface area contributed by atoms with Crippen molar-refractivity contribution in [2.24, 2.45) is 5.90 Å². The maximum atomic E-state index is 5.44. The molecule has 0 aromatic heterocycles. The first-order chi connectivity index (χ1) is 7.24. The summed E-state index contributed by atoms with van der Waals surface area (Å²) in [4.78, 5) is 4.60. The van der Waals surface area contributed by atoms with Gasteiger partial charge in [-0.05, 0) is 31.0 Å². The van der Waals surface area contributed by atoms with Gasteiger partial charge in [0, 0.05) is 12.0 Å². The SMILES string of the molecule is Cc1cc2c(c(CCON)c1C)OCO2. The van der Waals surface area contributed by atoms with Crippen LogP contribution in [0.4, 0.5) is 0 Å². The van der Waals surface area contributed by atoms with Gasteiger partial charge in [-0.3, -0.25) is 0 Å². The third-order valence-electron chi connectivity index (χ3n) is 2.78. The van der Waals surface area contributed by atoms with Crippen molar-refractivity contribution in [2.75, 3.05) is 13.4 Å². The van der Waals surface area contributed by atoms with E-state index in [1.54, 1.807) is 0 Å². The van der Waals surface area contributed by atoms with Gasteiger partial charge >= 0.3 is 0 Å². The van der Waals surface area contributed by atoms with Crippen LogP contribution in [-0.2, 0) is 11.3 Å². The zero-order chi connectivity index (χ0) is 10.8. The lowest BCUT2D eigenvalue weighted by atomic mass is 9.99. The Bertz CT molecular complexity index is 377. The molecule has 0 amide bonds. The molecule has 0 bridgehead atoms. The molecule has 2 rings (SSSR count). The lowest BCUT2D eigenvalue weighted by Gasteiger charge is -2.11. The van der Waals surface area contributed by atoms with Gasteiger partial charge in [-0.1, -0.05) is 0 Å². The van der Waals surface area contributed by atoms with E-state index in [2.05, 4.69) is 18.7 Å². The van der Waals surface area contributed by atoms with Crippen LogP contribution in [0.2, 0.25) is 0 Å². The summed E-state index contributed by atoms with van der Waals surface area (Å²) < 4.78 is 10.8. The third kappa shape index (κ3) is 1.78. The Balaban J connectivity index is 2.41. The van der Waals surface area contributed by atoms with Crippen molar-refractivity contribution in [3.63, 3.8) is 0 Å². The van der Waals surface area contributed by atoms with E-state index in [-0.39, 0.29) is 0 Å². The molecule has 15 heavy (non-hydrogen) atoms. The largest absolute Gasteiger partial charge is 0.454 e. The average Bonchev–Trinajstić information content (AvgIpc) is 2.66. The number of nitrogens with two attached hydrogens (primary N) is 1. The van der Waals surface area contributed by atoms with E-state index in [4.69, 9.17) is 15.4 Å². The topological polar surface area (TPSA) is 53.7 Å². The van der Waals surface area contributed by atoms with Crippen LogP contribution < -0.4 is 15.4 Å². The van der Waals surface area contributed by atoms with Crippen molar-refractivity contribution in [1.82, 2.24) is 0 Å². The Morgan fingerprint density at radius 1 is 1.40 bits per heavy atom. The highest BCUT2D eigenvalue weighted by molar-refractivity contribution is 5.55. The first-order valence-electron chi connectivity index (χ1n) is 4.94. The monoisotopic (exact) mass is 209 g/mol. The van der Waals surface area contributed by atoms with Gasteiger partial charge in [0.25, 0.3) is 0 Å². The molecule has 4 nitrogen and oxygen atoms in total. The lowest BCUT2D eigenvalue weighted by molar-refractivity contribution is 0.139. The van der Waals surface area contributed by atoms with Crippen LogP contribution in [0.25, 0.3) is 0 Å². The summed E-state index contributed by atoms with van der Waals surface area (Å²) in [5, 5.41) is 0. The van der Waals surface area contributed by atoms with Crippen molar-refractivity contribution < 1.29 is 14.3 Å². The van der Waals surface area contributed by atoms with Crippen molar-refractivity contribution in [3.05, 3.63) is 22.8 Å². The molecule has 1 aromatic carbocycles. The fourth-order valence-corrected chi connectivity index (χ4v) is 1.81. The molecule has 1 aliphatic rings. The molecular weight excluding hydrogens is 194 g/mol. The standard InChI is InChI=1S/C11H15NO3/c1-7-5-10-11(14-6-13-10)9(8(7)2)3-4-15-12/h5H,3-4,6,12H2,1-2H3. The predicted octanol–water partition coefficient (Wildman–Crippen LogP) is 1.46. The van der Waals surface area contributed by atoms with Crippen molar-refractivity contribution >= 4 is 0 Å². The predicted molar refractivity (Wildman–Crippen MR) is 55.9 cm³/mol. The number of hydrogen-bond donors (Lipinski definition) is 1. The zero-order valence-corrected chi connectivity index (χ0v) is 9.00. The minimum Gasteiger partial charge on any atom is -0.454 e. The fourth-order valence-electron chi connectivity index (χ4n) is 1.81. The first kappa shape index (κ1) is 10.3. The molecule has 1 aromatic rings. The molecule has 0 atom stereocenters. The number of rotatable bonds is 3. The Kier molecular flexibility index (Phi) is 2.79. The summed E-state index contributed by atoms with van der Waals surface area (Å²) in [6.45, 7) is 4.92. The van der Waals surface area contributed by atoms with E-state index in [1.165, 1.54) is 11.1 Å². The summed E-state index contributed by atoms with van der Waals surface area (Å²) in [5.41, 5.74) is 3.55. The molecule has 1 aliphatic heterocycles. The highest BCUT2D eigenvalue weighted by atomic mass is 16.7. The van der Waals surface area contributed by atoms with E-state index in [0.717, 1.165) is 23.5 Å². The van der Waals surface area contributed by atoms with Gasteiger partial charge in [0.15, 0.2) is 11.5 Å². The summed E-state index contributed by atoms with van der Waals surface area (Å²) >= 11 is 0. The Morgan fingerprint density at radius 3 is 2.93 bits per heavy atom. The smallest absolute Gasteiger partial charge is 0.231 e. The summed E-state index contributed by atoms with van der Waals surface area (Å²) in [6.07, 6.45) is 0.746. The van der Waals surface area contributed by atoms with Gasteiger partial charge in [0.2, 0.25) is 6.79 Å². The highest BCUT2D eigenvalue weighted by Gasteiger charge is 2.20. The lowest BCUT2D eigenvalue weighted by Crippen LogP contribution is -2.06. The van der Waals surface area contributed by atoms with Gasteiger partial charge in [-0.25, -0.2) is 5.90 Å². The molecule has 4 heteroatoms. The van der Waals surface area contributed by atoms with Gasteiger partial charge in [0.05, 0.1) is 6.61 Å². The second kappa shape index (κ2) is 4.08. The molecule has 0 unspecified atom stereocenters. The van der Waals surface area contributed by atoms with Crippen LogP contribution in [0.3, 0.4) is 0 Å². The maximum Gasteiger partial charge on any atom is 0.231 e. The van der Waals surface area contributed by atoms with Gasteiger partial charge in [-0.2, -0.15) is 0 Å². The number of ether oxygens (including phenoxy) is 2. The Morgan fingerprint density at radius 2 is 2.20 bits per heavy atom. The third-order valence-corrected chi connectivity index (χ3v) is 2.78. The van der Waals surface area contributed by atoms with E-state index >= 15 is 0 Å². The van der Waals surface area contributed by atoms with E-state index in [1.807, 2.05) is 6.07 Å². The van der Waals surface area contributed by atoms with Gasteiger partial charge in [-0.15, -0.1) is 0 Å². The molecule has 0 spiro atoms. The van der Waals surface area contributed by atoms with Crippen LogP contribution in [0, 0.1) is 13.8 Å². The molecule has 0 radical (unpaired) electrons.